The molecule has 0 aliphatic carbocycles. The number of anilines is 1. The fourth-order valence-corrected chi connectivity index (χ4v) is 4.00. The van der Waals surface area contributed by atoms with Crippen LogP contribution < -0.4 is 14.8 Å². The van der Waals surface area contributed by atoms with Crippen molar-refractivity contribution in [3.63, 3.8) is 0 Å². The van der Waals surface area contributed by atoms with Gasteiger partial charge in [-0.25, -0.2) is 4.98 Å². The van der Waals surface area contributed by atoms with E-state index in [0.717, 1.165) is 33.9 Å². The third-order valence-corrected chi connectivity index (χ3v) is 5.46. The zero-order chi connectivity index (χ0) is 21.8. The maximum absolute atomic E-state index is 12.4. The van der Waals surface area contributed by atoms with Crippen LogP contribution in [0.2, 0.25) is 0 Å². The molecule has 1 N–H and O–H groups in total. The number of carbonyl (C=O) groups excluding carboxylic acids is 1. The number of nitrogens with one attached hydrogen (secondary N) is 1. The molecule has 2 aromatic heterocycles. The van der Waals surface area contributed by atoms with Crippen LogP contribution in [0.5, 0.6) is 17.2 Å². The molecule has 0 radical (unpaired) electrons. The van der Waals surface area contributed by atoms with Gasteiger partial charge in [0.1, 0.15) is 17.2 Å². The molecule has 0 unspecified atom stereocenters. The number of carbonyl (C=O) groups is 1. The van der Waals surface area contributed by atoms with E-state index in [2.05, 4.69) is 15.3 Å². The van der Waals surface area contributed by atoms with Crippen LogP contribution in [0.3, 0.4) is 0 Å². The molecule has 2 aromatic carbocycles. The van der Waals surface area contributed by atoms with Gasteiger partial charge in [-0.1, -0.05) is 6.07 Å². The lowest BCUT2D eigenvalue weighted by Crippen LogP contribution is -2.11. The second-order valence-electron chi connectivity index (χ2n) is 6.94. The normalized spacial score (nSPS) is 10.5. The zero-order valence-electron chi connectivity index (χ0n) is 17.4. The van der Waals surface area contributed by atoms with E-state index in [1.807, 2.05) is 55.6 Å². The highest BCUT2D eigenvalue weighted by Gasteiger charge is 2.14. The van der Waals surface area contributed by atoms with E-state index in [9.17, 15) is 4.79 Å². The zero-order valence-corrected chi connectivity index (χ0v) is 18.2. The third-order valence-electron chi connectivity index (χ3n) is 4.71. The molecule has 0 saturated carbocycles. The number of aromatic nitrogens is 2. The van der Waals surface area contributed by atoms with Gasteiger partial charge in [-0.05, 0) is 61.4 Å². The first-order chi connectivity index (χ1) is 15.0. The van der Waals surface area contributed by atoms with E-state index >= 15 is 0 Å². The van der Waals surface area contributed by atoms with E-state index in [1.165, 1.54) is 11.3 Å². The van der Waals surface area contributed by atoms with Gasteiger partial charge in [0.15, 0.2) is 5.13 Å². The van der Waals surface area contributed by atoms with Crippen molar-refractivity contribution in [2.24, 2.45) is 0 Å². The minimum Gasteiger partial charge on any atom is -0.497 e. The van der Waals surface area contributed by atoms with E-state index in [-0.39, 0.29) is 5.91 Å². The molecule has 0 fully saturated rings. The highest BCUT2D eigenvalue weighted by atomic mass is 32.1. The van der Waals surface area contributed by atoms with Crippen LogP contribution in [-0.4, -0.2) is 23.0 Å². The first-order valence-electron chi connectivity index (χ1n) is 9.64. The predicted molar refractivity (Wildman–Crippen MR) is 122 cm³/mol. The summed E-state index contributed by atoms with van der Waals surface area (Å²) in [5.41, 5.74) is 4.46. The predicted octanol–water partition coefficient (Wildman–Crippen LogP) is 5.88. The summed E-state index contributed by atoms with van der Waals surface area (Å²) in [6.45, 7) is 4.05. The maximum Gasteiger partial charge on any atom is 0.257 e. The van der Waals surface area contributed by atoms with Crippen LogP contribution in [-0.2, 0) is 0 Å². The molecular formula is C24H21N3O3S. The molecule has 0 atom stereocenters. The van der Waals surface area contributed by atoms with Gasteiger partial charge in [0.25, 0.3) is 5.91 Å². The quantitative estimate of drug-likeness (QED) is 0.413. The minimum atomic E-state index is -0.209. The smallest absolute Gasteiger partial charge is 0.257 e. The number of hydrogen-bond acceptors (Lipinski definition) is 6. The first kappa shape index (κ1) is 20.6. The monoisotopic (exact) mass is 431 g/mol. The Morgan fingerprint density at radius 2 is 1.68 bits per heavy atom. The molecule has 156 valence electrons. The first-order valence-corrected chi connectivity index (χ1v) is 10.5. The Labute approximate surface area is 184 Å². The highest BCUT2D eigenvalue weighted by molar-refractivity contribution is 7.14. The largest absolute Gasteiger partial charge is 0.497 e. The Morgan fingerprint density at radius 1 is 0.968 bits per heavy atom. The fourth-order valence-electron chi connectivity index (χ4n) is 3.31. The van der Waals surface area contributed by atoms with Gasteiger partial charge in [0.2, 0.25) is 0 Å². The Kier molecular flexibility index (Phi) is 5.95. The Balaban J connectivity index is 1.54. The molecular weight excluding hydrogens is 410 g/mol. The number of ether oxygens (including phenoxy) is 2. The maximum atomic E-state index is 12.4. The second-order valence-corrected chi connectivity index (χ2v) is 7.80. The van der Waals surface area contributed by atoms with Crippen molar-refractivity contribution in [1.82, 2.24) is 9.97 Å². The van der Waals surface area contributed by atoms with Crippen LogP contribution in [0.4, 0.5) is 5.13 Å². The summed E-state index contributed by atoms with van der Waals surface area (Å²) in [5.74, 6) is 1.99. The topological polar surface area (TPSA) is 73.3 Å². The van der Waals surface area contributed by atoms with Crippen molar-refractivity contribution in [2.75, 3.05) is 12.4 Å². The summed E-state index contributed by atoms with van der Waals surface area (Å²) in [7, 11) is 1.63. The molecule has 4 aromatic rings. The standard InChI is InChI=1S/C24H21N3O3S/c1-15-11-20(30-19-6-4-5-18(13-19)29-3)12-16(2)22(15)21-14-31-24(26-21)27-23(28)17-7-9-25-10-8-17/h4-14H,1-3H3,(H,26,27,28). The molecule has 0 bridgehead atoms. The number of benzene rings is 2. The lowest BCUT2D eigenvalue weighted by atomic mass is 10.0. The van der Waals surface area contributed by atoms with Gasteiger partial charge in [0.05, 0.1) is 12.8 Å². The van der Waals surface area contributed by atoms with Gasteiger partial charge in [-0.2, -0.15) is 0 Å². The summed E-state index contributed by atoms with van der Waals surface area (Å²) in [6.07, 6.45) is 3.17. The Hall–Kier alpha value is -3.71. The van der Waals surface area contributed by atoms with E-state index in [4.69, 9.17) is 9.47 Å². The van der Waals surface area contributed by atoms with Gasteiger partial charge < -0.3 is 9.47 Å². The minimum absolute atomic E-state index is 0.209. The molecule has 0 spiro atoms. The lowest BCUT2D eigenvalue weighted by molar-refractivity contribution is 0.102. The molecule has 0 aliphatic heterocycles. The number of aryl methyl sites for hydroxylation is 2. The van der Waals surface area contributed by atoms with Crippen molar-refractivity contribution in [1.29, 1.82) is 0 Å². The van der Waals surface area contributed by atoms with E-state index < -0.39 is 0 Å². The van der Waals surface area contributed by atoms with Gasteiger partial charge in [0, 0.05) is 35.0 Å². The van der Waals surface area contributed by atoms with Crippen LogP contribution in [0.25, 0.3) is 11.3 Å². The van der Waals surface area contributed by atoms with Crippen LogP contribution >= 0.6 is 11.3 Å². The van der Waals surface area contributed by atoms with E-state index in [0.29, 0.717) is 16.4 Å². The SMILES string of the molecule is COc1cccc(Oc2cc(C)c(-c3csc(NC(=O)c4ccncc4)n3)c(C)c2)c1. The average molecular weight is 432 g/mol. The molecule has 31 heavy (non-hydrogen) atoms. The second kappa shape index (κ2) is 8.97. The number of pyridine rings is 1. The number of hydrogen-bond donors (Lipinski definition) is 1. The van der Waals surface area contributed by atoms with Crippen molar-refractivity contribution in [2.45, 2.75) is 13.8 Å². The molecule has 4 rings (SSSR count). The van der Waals surface area contributed by atoms with Crippen LogP contribution in [0, 0.1) is 13.8 Å². The van der Waals surface area contributed by atoms with Gasteiger partial charge in [-0.3, -0.25) is 15.1 Å². The summed E-state index contributed by atoms with van der Waals surface area (Å²) < 4.78 is 11.3. The van der Waals surface area contributed by atoms with Crippen molar-refractivity contribution >= 4 is 22.4 Å². The lowest BCUT2D eigenvalue weighted by Gasteiger charge is -2.12. The molecule has 0 aliphatic rings. The number of nitrogens with zero attached hydrogens (tertiary/aromatic N) is 2. The summed E-state index contributed by atoms with van der Waals surface area (Å²) >= 11 is 1.39. The van der Waals surface area contributed by atoms with Crippen molar-refractivity contribution in [3.8, 4) is 28.5 Å². The van der Waals surface area contributed by atoms with Gasteiger partial charge >= 0.3 is 0 Å². The highest BCUT2D eigenvalue weighted by Crippen LogP contribution is 2.35. The van der Waals surface area contributed by atoms with Crippen molar-refractivity contribution in [3.05, 3.63) is 83.0 Å². The molecule has 6 nitrogen and oxygen atoms in total. The fraction of sp³-hybridized carbons (Fsp3) is 0.125. The molecule has 0 saturated heterocycles. The number of amides is 1. The number of rotatable bonds is 6. The number of thiazole rings is 1. The average Bonchev–Trinajstić information content (AvgIpc) is 3.21. The Morgan fingerprint density at radius 3 is 2.39 bits per heavy atom. The summed E-state index contributed by atoms with van der Waals surface area (Å²) in [5, 5.41) is 5.34. The van der Waals surface area contributed by atoms with Crippen LogP contribution in [0.1, 0.15) is 21.5 Å². The number of methoxy groups -OCH3 is 1. The Bertz CT molecular complexity index is 1200. The van der Waals surface area contributed by atoms with E-state index in [1.54, 1.807) is 31.6 Å². The molecule has 7 heteroatoms. The summed E-state index contributed by atoms with van der Waals surface area (Å²) in [4.78, 5) is 20.9. The van der Waals surface area contributed by atoms with Gasteiger partial charge in [-0.15, -0.1) is 11.3 Å². The summed E-state index contributed by atoms with van der Waals surface area (Å²) in [6, 6.07) is 14.8. The molecule has 2 heterocycles. The van der Waals surface area contributed by atoms with Crippen LogP contribution in [0.15, 0.2) is 66.3 Å². The molecule has 1 amide bonds. The van der Waals surface area contributed by atoms with Crippen molar-refractivity contribution < 1.29 is 14.3 Å². The third kappa shape index (κ3) is 4.73.